The van der Waals surface area contributed by atoms with Crippen LogP contribution in [-0.2, 0) is 11.2 Å². The van der Waals surface area contributed by atoms with Crippen LogP contribution in [0.4, 0.5) is 0 Å². The molecule has 0 spiro atoms. The fourth-order valence-corrected chi connectivity index (χ4v) is 4.92. The number of aryl methyl sites for hydroxylation is 1. The summed E-state index contributed by atoms with van der Waals surface area (Å²) in [5.41, 5.74) is 3.79. The molecule has 2 bridgehead atoms. The predicted molar refractivity (Wildman–Crippen MR) is 118 cm³/mol. The SMILES string of the molecule is Cc1cccc2c(CCNC(=NCC(=O)N(C)C)NC3CC4CCC3C4)c[nH]c12. The number of nitrogens with zero attached hydrogens (tertiary/aromatic N) is 2. The Morgan fingerprint density at radius 2 is 2.14 bits per heavy atom. The van der Waals surface area contributed by atoms with Crippen molar-refractivity contribution in [2.75, 3.05) is 27.2 Å². The minimum absolute atomic E-state index is 0.0196. The van der Waals surface area contributed by atoms with E-state index in [1.165, 1.54) is 47.7 Å². The van der Waals surface area contributed by atoms with E-state index in [1.807, 2.05) is 0 Å². The number of amides is 1. The number of aliphatic imine (C=N–C) groups is 1. The van der Waals surface area contributed by atoms with Gasteiger partial charge in [-0.15, -0.1) is 0 Å². The number of hydrogen-bond acceptors (Lipinski definition) is 2. The van der Waals surface area contributed by atoms with E-state index in [-0.39, 0.29) is 12.5 Å². The van der Waals surface area contributed by atoms with E-state index in [0.29, 0.717) is 6.04 Å². The number of benzene rings is 1. The molecule has 156 valence electrons. The minimum Gasteiger partial charge on any atom is -0.361 e. The van der Waals surface area contributed by atoms with E-state index in [0.717, 1.165) is 30.8 Å². The lowest BCUT2D eigenvalue weighted by Gasteiger charge is -2.25. The van der Waals surface area contributed by atoms with Gasteiger partial charge in [-0.25, -0.2) is 4.99 Å². The molecular weight excluding hydrogens is 362 g/mol. The van der Waals surface area contributed by atoms with Crippen molar-refractivity contribution in [2.45, 2.75) is 45.1 Å². The van der Waals surface area contributed by atoms with Gasteiger partial charge in [-0.2, -0.15) is 0 Å². The molecule has 0 saturated heterocycles. The normalized spacial score (nSPS) is 23.6. The molecule has 3 unspecified atom stereocenters. The molecule has 2 aliphatic carbocycles. The predicted octanol–water partition coefficient (Wildman–Crippen LogP) is 2.83. The average Bonchev–Trinajstić information content (AvgIpc) is 3.42. The number of likely N-dealkylation sites (N-methyl/N-ethyl adjacent to an activating group) is 1. The molecule has 6 nitrogen and oxygen atoms in total. The first-order valence-electron chi connectivity index (χ1n) is 10.8. The van der Waals surface area contributed by atoms with Gasteiger partial charge in [0.05, 0.1) is 0 Å². The first kappa shape index (κ1) is 19.8. The van der Waals surface area contributed by atoms with Gasteiger partial charge in [0.1, 0.15) is 6.54 Å². The maximum absolute atomic E-state index is 12.0. The van der Waals surface area contributed by atoms with Gasteiger partial charge in [0.2, 0.25) is 5.91 Å². The molecule has 29 heavy (non-hydrogen) atoms. The third kappa shape index (κ3) is 4.41. The zero-order chi connectivity index (χ0) is 20.4. The van der Waals surface area contributed by atoms with Crippen molar-refractivity contribution < 1.29 is 4.79 Å². The van der Waals surface area contributed by atoms with Crippen LogP contribution >= 0.6 is 0 Å². The zero-order valence-electron chi connectivity index (χ0n) is 17.8. The molecule has 4 rings (SSSR count). The third-order valence-corrected chi connectivity index (χ3v) is 6.63. The van der Waals surface area contributed by atoms with Crippen LogP contribution < -0.4 is 10.6 Å². The van der Waals surface area contributed by atoms with Crippen LogP contribution in [0.15, 0.2) is 29.4 Å². The molecule has 3 N–H and O–H groups in total. The molecule has 0 radical (unpaired) electrons. The fraction of sp³-hybridized carbons (Fsp3) is 0.565. The van der Waals surface area contributed by atoms with Gasteiger partial charge in [0, 0.05) is 43.8 Å². The molecule has 1 aromatic heterocycles. The quantitative estimate of drug-likeness (QED) is 0.520. The average molecular weight is 396 g/mol. The van der Waals surface area contributed by atoms with Crippen LogP contribution in [-0.4, -0.2) is 55.0 Å². The standard InChI is InChI=1S/C23H33N5O/c1-15-5-4-6-19-18(13-25-22(15)19)9-10-24-23(26-14-21(29)28(2)3)27-20-12-16-7-8-17(20)11-16/h4-6,13,16-17,20,25H,7-12,14H2,1-3H3,(H2,24,26,27). The topological polar surface area (TPSA) is 72.5 Å². The minimum atomic E-state index is 0.0196. The maximum atomic E-state index is 12.0. The van der Waals surface area contributed by atoms with Crippen molar-refractivity contribution in [3.05, 3.63) is 35.5 Å². The number of guanidine groups is 1. The van der Waals surface area contributed by atoms with Crippen molar-refractivity contribution in [2.24, 2.45) is 16.8 Å². The van der Waals surface area contributed by atoms with E-state index < -0.39 is 0 Å². The van der Waals surface area contributed by atoms with E-state index in [9.17, 15) is 4.79 Å². The Labute approximate surface area is 173 Å². The van der Waals surface area contributed by atoms with E-state index in [4.69, 9.17) is 0 Å². The number of carbonyl (C=O) groups is 1. The summed E-state index contributed by atoms with van der Waals surface area (Å²) in [7, 11) is 3.54. The number of H-pyrrole nitrogens is 1. The van der Waals surface area contributed by atoms with Gasteiger partial charge in [0.15, 0.2) is 5.96 Å². The van der Waals surface area contributed by atoms with Crippen LogP contribution in [0.2, 0.25) is 0 Å². The Hall–Kier alpha value is -2.50. The highest BCUT2D eigenvalue weighted by Crippen LogP contribution is 2.44. The first-order valence-corrected chi connectivity index (χ1v) is 10.8. The largest absolute Gasteiger partial charge is 0.361 e. The summed E-state index contributed by atoms with van der Waals surface area (Å²) in [4.78, 5) is 21.6. The van der Waals surface area contributed by atoms with Crippen LogP contribution in [0.25, 0.3) is 10.9 Å². The van der Waals surface area contributed by atoms with Crippen LogP contribution in [0.3, 0.4) is 0 Å². The summed E-state index contributed by atoms with van der Waals surface area (Å²) in [5.74, 6) is 2.42. The van der Waals surface area contributed by atoms with Crippen molar-refractivity contribution in [1.82, 2.24) is 20.5 Å². The van der Waals surface area contributed by atoms with Crippen LogP contribution in [0.1, 0.15) is 36.8 Å². The highest BCUT2D eigenvalue weighted by atomic mass is 16.2. The van der Waals surface area contributed by atoms with Gasteiger partial charge in [-0.05, 0) is 55.6 Å². The Balaban J connectivity index is 1.39. The van der Waals surface area contributed by atoms with E-state index in [1.54, 1.807) is 19.0 Å². The molecule has 0 aliphatic heterocycles. The number of rotatable bonds is 6. The molecule has 2 aliphatic rings. The van der Waals surface area contributed by atoms with E-state index >= 15 is 0 Å². The molecule has 2 fully saturated rings. The van der Waals surface area contributed by atoms with Gasteiger partial charge in [0.25, 0.3) is 0 Å². The number of nitrogens with one attached hydrogen (secondary N) is 3. The summed E-state index contributed by atoms with van der Waals surface area (Å²) in [6, 6.07) is 6.91. The number of carbonyl (C=O) groups excluding carboxylic acids is 1. The summed E-state index contributed by atoms with van der Waals surface area (Å²) < 4.78 is 0. The smallest absolute Gasteiger partial charge is 0.243 e. The van der Waals surface area contributed by atoms with Crippen LogP contribution in [0.5, 0.6) is 0 Å². The lowest BCUT2D eigenvalue weighted by Crippen LogP contribution is -2.46. The third-order valence-electron chi connectivity index (χ3n) is 6.63. The number of aromatic amines is 1. The Morgan fingerprint density at radius 3 is 2.86 bits per heavy atom. The zero-order valence-corrected chi connectivity index (χ0v) is 17.8. The molecule has 2 aromatic rings. The number of para-hydroxylation sites is 1. The van der Waals surface area contributed by atoms with Crippen molar-refractivity contribution in [3.8, 4) is 0 Å². The van der Waals surface area contributed by atoms with Crippen molar-refractivity contribution in [3.63, 3.8) is 0 Å². The fourth-order valence-electron chi connectivity index (χ4n) is 4.92. The molecule has 1 aromatic carbocycles. The second-order valence-electron chi connectivity index (χ2n) is 8.87. The maximum Gasteiger partial charge on any atom is 0.243 e. The summed E-state index contributed by atoms with van der Waals surface area (Å²) in [6.45, 7) is 3.09. The highest BCUT2D eigenvalue weighted by molar-refractivity contribution is 5.86. The monoisotopic (exact) mass is 395 g/mol. The number of hydrogen-bond donors (Lipinski definition) is 3. The van der Waals surface area contributed by atoms with E-state index in [2.05, 4.69) is 51.9 Å². The molecule has 1 amide bonds. The second kappa shape index (κ2) is 8.47. The van der Waals surface area contributed by atoms with Gasteiger partial charge in [-0.3, -0.25) is 4.79 Å². The van der Waals surface area contributed by atoms with Crippen LogP contribution in [0, 0.1) is 18.8 Å². The molecule has 1 heterocycles. The lowest BCUT2D eigenvalue weighted by atomic mass is 9.95. The Morgan fingerprint density at radius 1 is 1.28 bits per heavy atom. The summed E-state index contributed by atoms with van der Waals surface area (Å²) >= 11 is 0. The highest BCUT2D eigenvalue weighted by Gasteiger charge is 2.39. The Kier molecular flexibility index (Phi) is 5.79. The summed E-state index contributed by atoms with van der Waals surface area (Å²) in [6.07, 6.45) is 8.28. The van der Waals surface area contributed by atoms with Crippen molar-refractivity contribution >= 4 is 22.8 Å². The van der Waals surface area contributed by atoms with Crippen molar-refractivity contribution in [1.29, 1.82) is 0 Å². The molecule has 2 saturated carbocycles. The number of aromatic nitrogens is 1. The van der Waals surface area contributed by atoms with Gasteiger partial charge >= 0.3 is 0 Å². The number of fused-ring (bicyclic) bond motifs is 3. The molecular formula is C23H33N5O. The first-order chi connectivity index (χ1) is 14.0. The van der Waals surface area contributed by atoms with Gasteiger partial charge in [-0.1, -0.05) is 24.6 Å². The van der Waals surface area contributed by atoms with Gasteiger partial charge < -0.3 is 20.5 Å². The second-order valence-corrected chi connectivity index (χ2v) is 8.87. The summed E-state index contributed by atoms with van der Waals surface area (Å²) in [5, 5.41) is 8.39. The molecule has 6 heteroatoms. The lowest BCUT2D eigenvalue weighted by molar-refractivity contribution is -0.127. The molecule has 3 atom stereocenters. The Bertz CT molecular complexity index is 900.